The second-order valence-electron chi connectivity index (χ2n) is 8.67. The van der Waals surface area contributed by atoms with Crippen molar-refractivity contribution in [2.75, 3.05) is 29.9 Å². The summed E-state index contributed by atoms with van der Waals surface area (Å²) in [5.74, 6) is 0.271. The molecule has 1 unspecified atom stereocenters. The first-order valence-electron chi connectivity index (χ1n) is 11.9. The van der Waals surface area contributed by atoms with Gasteiger partial charge in [0.1, 0.15) is 0 Å². The van der Waals surface area contributed by atoms with Crippen LogP contribution in [0.2, 0.25) is 5.02 Å². The fourth-order valence-electron chi connectivity index (χ4n) is 4.38. The highest BCUT2D eigenvalue weighted by atomic mass is 35.5. The molecule has 0 saturated carbocycles. The number of amides is 1. The summed E-state index contributed by atoms with van der Waals surface area (Å²) < 4.78 is 14.0. The van der Waals surface area contributed by atoms with E-state index < -0.39 is 12.5 Å². The van der Waals surface area contributed by atoms with Crippen LogP contribution in [0.25, 0.3) is 0 Å². The molecular formula is C24H26ClN7O2S. The van der Waals surface area contributed by atoms with Crippen LogP contribution in [0, 0.1) is 5.41 Å². The zero-order chi connectivity index (χ0) is 25.3. The van der Waals surface area contributed by atoms with Crippen molar-refractivity contribution in [3.8, 4) is 0 Å². The van der Waals surface area contributed by atoms with Crippen LogP contribution in [0.15, 0.2) is 58.8 Å². The largest absolute Gasteiger partial charge is 0.376 e. The Morgan fingerprint density at radius 1 is 1.23 bits per heavy atom. The van der Waals surface area contributed by atoms with Gasteiger partial charge in [0.15, 0.2) is 0 Å². The predicted molar refractivity (Wildman–Crippen MR) is 135 cm³/mol. The number of carbonyl (C=O) groups excluding carboxylic acids is 1. The highest BCUT2D eigenvalue weighted by Gasteiger charge is 2.47. The molecule has 4 heterocycles. The van der Waals surface area contributed by atoms with Crippen molar-refractivity contribution < 1.29 is 10.9 Å². The van der Waals surface area contributed by atoms with E-state index in [0.717, 1.165) is 35.7 Å². The van der Waals surface area contributed by atoms with Gasteiger partial charge in [-0.15, -0.1) is 0 Å². The molecule has 1 amide bonds. The Bertz CT molecular complexity index is 1230. The Morgan fingerprint density at radius 2 is 1.94 bits per heavy atom. The molecule has 2 fully saturated rings. The number of nitrogens with two attached hydrogens (primary N) is 1. The molecule has 0 radical (unpaired) electrons. The molecule has 1 aromatic carbocycles. The quantitative estimate of drug-likeness (QED) is 0.527. The van der Waals surface area contributed by atoms with Gasteiger partial charge in [-0.05, 0) is 38.0 Å². The van der Waals surface area contributed by atoms with E-state index in [1.54, 1.807) is 24.5 Å². The SMILES string of the molecule is [2H]C1O[C@@H](C)[C@@H](N)C12CCN(c1ncc(Sc3cccc(NC(=O)c4ncccn4)c3Cl)cn1)CC2. The fourth-order valence-corrected chi connectivity index (χ4v) is 5.48. The summed E-state index contributed by atoms with van der Waals surface area (Å²) in [6, 6.07) is 6.91. The number of hydrogen-bond acceptors (Lipinski definition) is 9. The molecule has 3 N–H and O–H groups in total. The van der Waals surface area contributed by atoms with E-state index >= 15 is 0 Å². The third-order valence-electron chi connectivity index (χ3n) is 6.49. The summed E-state index contributed by atoms with van der Waals surface area (Å²) in [5.41, 5.74) is 6.55. The number of carbonyl (C=O) groups is 1. The van der Waals surface area contributed by atoms with E-state index in [1.807, 2.05) is 19.1 Å². The van der Waals surface area contributed by atoms with Crippen molar-refractivity contribution in [2.45, 2.75) is 41.7 Å². The maximum Gasteiger partial charge on any atom is 0.293 e. The standard InChI is InChI=1S/C24H26ClN7O2S/c1-15-20(26)24(14-34-15)6-10-32(11-7-24)23-29-12-16(13-30-23)35-18-5-2-4-17(19(18)25)31-22(33)21-27-8-3-9-28-21/h2-5,8-9,12-13,15,20H,6-7,10-11,14,26H2,1H3,(H,31,33)/t15-,20+/m0/s1/i14D/t14?,15-,20+. The first kappa shape index (κ1) is 22.7. The van der Waals surface area contributed by atoms with Crippen LogP contribution < -0.4 is 16.0 Å². The van der Waals surface area contributed by atoms with Gasteiger partial charge in [0.2, 0.25) is 11.8 Å². The van der Waals surface area contributed by atoms with Gasteiger partial charge in [0.05, 0.1) is 24.8 Å². The van der Waals surface area contributed by atoms with Gasteiger partial charge in [-0.2, -0.15) is 0 Å². The summed E-state index contributed by atoms with van der Waals surface area (Å²) in [4.78, 5) is 33.1. The Morgan fingerprint density at radius 3 is 2.60 bits per heavy atom. The lowest BCUT2D eigenvalue weighted by molar-refractivity contribution is 0.0973. The maximum absolute atomic E-state index is 12.4. The van der Waals surface area contributed by atoms with Crippen molar-refractivity contribution in [3.63, 3.8) is 0 Å². The van der Waals surface area contributed by atoms with Gasteiger partial charge in [0.25, 0.3) is 5.91 Å². The van der Waals surface area contributed by atoms with E-state index in [-0.39, 0.29) is 23.4 Å². The Hall–Kier alpha value is -2.79. The van der Waals surface area contributed by atoms with Gasteiger partial charge >= 0.3 is 0 Å². The van der Waals surface area contributed by atoms with Gasteiger partial charge in [-0.25, -0.2) is 19.9 Å². The van der Waals surface area contributed by atoms with Crippen LogP contribution in [-0.2, 0) is 4.74 Å². The van der Waals surface area contributed by atoms with Crippen LogP contribution >= 0.6 is 23.4 Å². The predicted octanol–water partition coefficient (Wildman–Crippen LogP) is 3.66. The van der Waals surface area contributed by atoms with Crippen molar-refractivity contribution in [1.82, 2.24) is 19.9 Å². The van der Waals surface area contributed by atoms with Crippen molar-refractivity contribution in [2.24, 2.45) is 11.1 Å². The smallest absolute Gasteiger partial charge is 0.293 e. The summed E-state index contributed by atoms with van der Waals surface area (Å²) in [6.07, 6.45) is 7.98. The molecule has 1 spiro atoms. The van der Waals surface area contributed by atoms with E-state index in [1.165, 1.54) is 24.2 Å². The van der Waals surface area contributed by atoms with Gasteiger partial charge in [0, 0.05) is 59.1 Å². The highest BCUT2D eigenvalue weighted by molar-refractivity contribution is 7.99. The van der Waals surface area contributed by atoms with E-state index in [2.05, 4.69) is 30.2 Å². The number of hydrogen-bond donors (Lipinski definition) is 2. The monoisotopic (exact) mass is 512 g/mol. The zero-order valence-corrected chi connectivity index (χ0v) is 20.7. The van der Waals surface area contributed by atoms with Crippen molar-refractivity contribution in [3.05, 3.63) is 59.9 Å². The molecule has 3 atom stereocenters. The lowest BCUT2D eigenvalue weighted by Crippen LogP contribution is -2.50. The summed E-state index contributed by atoms with van der Waals surface area (Å²) in [7, 11) is 0. The van der Waals surface area contributed by atoms with Gasteiger partial charge < -0.3 is 20.7 Å². The molecule has 182 valence electrons. The number of nitrogens with zero attached hydrogens (tertiary/aromatic N) is 5. The Labute approximate surface area is 214 Å². The molecule has 0 aliphatic carbocycles. The van der Waals surface area contributed by atoms with Crippen molar-refractivity contribution in [1.29, 1.82) is 0 Å². The molecular weight excluding hydrogens is 486 g/mol. The van der Waals surface area contributed by atoms with Crippen molar-refractivity contribution >= 4 is 40.9 Å². The molecule has 11 heteroatoms. The molecule has 2 saturated heterocycles. The number of halogens is 1. The third kappa shape index (κ3) is 4.97. The molecule has 5 rings (SSSR count). The van der Waals surface area contributed by atoms with E-state index in [0.29, 0.717) is 16.7 Å². The summed E-state index contributed by atoms with van der Waals surface area (Å²) >= 11 is 7.98. The first-order valence-corrected chi connectivity index (χ1v) is 12.5. The number of rotatable bonds is 5. The lowest BCUT2D eigenvalue weighted by atomic mass is 9.73. The van der Waals surface area contributed by atoms with Gasteiger partial charge in [-0.3, -0.25) is 4.79 Å². The number of anilines is 2. The number of aromatic nitrogens is 4. The van der Waals surface area contributed by atoms with Crippen LogP contribution in [0.4, 0.5) is 11.6 Å². The zero-order valence-electron chi connectivity index (χ0n) is 20.1. The summed E-state index contributed by atoms with van der Waals surface area (Å²) in [6.45, 7) is 2.81. The second-order valence-corrected chi connectivity index (χ2v) is 10.2. The number of benzene rings is 1. The first-order chi connectivity index (χ1) is 17.4. The van der Waals surface area contributed by atoms with Gasteiger partial charge in [-0.1, -0.05) is 29.4 Å². The number of piperidine rings is 1. The lowest BCUT2D eigenvalue weighted by Gasteiger charge is -2.41. The molecule has 35 heavy (non-hydrogen) atoms. The number of nitrogens with one attached hydrogen (secondary N) is 1. The van der Waals surface area contributed by atoms with Crippen LogP contribution in [-0.4, -0.2) is 57.7 Å². The normalized spacial score (nSPS) is 23.8. The minimum absolute atomic E-state index is 0.0643. The molecule has 2 aromatic heterocycles. The van der Waals surface area contributed by atoms with Crippen LogP contribution in [0.3, 0.4) is 0 Å². The average molecular weight is 513 g/mol. The average Bonchev–Trinajstić information content (AvgIpc) is 3.10. The van der Waals surface area contributed by atoms with Crippen LogP contribution in [0.5, 0.6) is 0 Å². The number of ether oxygens (including phenoxy) is 1. The molecule has 3 aromatic rings. The molecule has 0 bridgehead atoms. The minimum atomic E-state index is -0.588. The van der Waals surface area contributed by atoms with E-state index in [9.17, 15) is 4.79 Å². The summed E-state index contributed by atoms with van der Waals surface area (Å²) in [5, 5.41) is 3.16. The maximum atomic E-state index is 12.4. The minimum Gasteiger partial charge on any atom is -0.376 e. The molecule has 2 aliphatic rings. The molecule has 9 nitrogen and oxygen atoms in total. The highest BCUT2D eigenvalue weighted by Crippen LogP contribution is 2.42. The Balaban J connectivity index is 1.23. The van der Waals surface area contributed by atoms with Crippen LogP contribution in [0.1, 0.15) is 31.8 Å². The second kappa shape index (κ2) is 10.1. The Kier molecular flexibility index (Phi) is 6.51. The van der Waals surface area contributed by atoms with E-state index in [4.69, 9.17) is 23.4 Å². The third-order valence-corrected chi connectivity index (χ3v) is 8.01. The fraction of sp³-hybridized carbons (Fsp3) is 0.375. The molecule has 2 aliphatic heterocycles. The topological polar surface area (TPSA) is 119 Å².